The van der Waals surface area contributed by atoms with E-state index in [-0.39, 0.29) is 17.9 Å². The van der Waals surface area contributed by atoms with Crippen LogP contribution in [0.4, 0.5) is 0 Å². The highest BCUT2D eigenvalue weighted by atomic mass is 16.2. The molecule has 4 heterocycles. The number of hydrogen-bond acceptors (Lipinski definition) is 6. The zero-order chi connectivity index (χ0) is 26.9. The lowest BCUT2D eigenvalue weighted by Gasteiger charge is -2.28. The normalized spacial score (nSPS) is 19.8. The van der Waals surface area contributed by atoms with Gasteiger partial charge in [-0.15, -0.1) is 0 Å². The van der Waals surface area contributed by atoms with Crippen LogP contribution in [0.2, 0.25) is 0 Å². The van der Waals surface area contributed by atoms with Gasteiger partial charge in [-0.1, -0.05) is 0 Å². The monoisotopic (exact) mass is 512 g/mol. The fourth-order valence-electron chi connectivity index (χ4n) is 5.42. The summed E-state index contributed by atoms with van der Waals surface area (Å²) in [7, 11) is 3.50. The summed E-state index contributed by atoms with van der Waals surface area (Å²) in [5.74, 6) is 0.0976. The molecule has 2 aromatic rings. The van der Waals surface area contributed by atoms with Crippen LogP contribution in [0.15, 0.2) is 12.1 Å². The Morgan fingerprint density at radius 1 is 0.919 bits per heavy atom. The quantitative estimate of drug-likeness (QED) is 0.613. The van der Waals surface area contributed by atoms with E-state index in [1.807, 2.05) is 21.5 Å². The maximum absolute atomic E-state index is 13.1. The zero-order valence-corrected chi connectivity index (χ0v) is 23.6. The summed E-state index contributed by atoms with van der Waals surface area (Å²) in [4.78, 5) is 32.0. The van der Waals surface area contributed by atoms with E-state index in [4.69, 9.17) is 0 Å². The van der Waals surface area contributed by atoms with Crippen LogP contribution < -0.4 is 5.32 Å². The minimum Gasteiger partial charge on any atom is -0.348 e. The van der Waals surface area contributed by atoms with Crippen LogP contribution in [0.25, 0.3) is 0 Å². The second-order valence-corrected chi connectivity index (χ2v) is 11.6. The first-order valence-electron chi connectivity index (χ1n) is 13.7. The minimum absolute atomic E-state index is 0.0137. The van der Waals surface area contributed by atoms with Crippen molar-refractivity contribution in [2.45, 2.75) is 91.8 Å². The summed E-state index contributed by atoms with van der Waals surface area (Å²) in [5.41, 5.74) is 3.15. The summed E-state index contributed by atoms with van der Waals surface area (Å²) in [5, 5.41) is 12.5. The van der Waals surface area contributed by atoms with E-state index in [0.29, 0.717) is 29.4 Å². The first-order valence-corrected chi connectivity index (χ1v) is 13.7. The molecule has 2 unspecified atom stereocenters. The molecule has 10 nitrogen and oxygen atoms in total. The van der Waals surface area contributed by atoms with Gasteiger partial charge in [0, 0.05) is 71.5 Å². The van der Waals surface area contributed by atoms with Crippen LogP contribution in [0, 0.1) is 5.92 Å². The largest absolute Gasteiger partial charge is 0.348 e. The van der Waals surface area contributed by atoms with Crippen molar-refractivity contribution in [3.05, 3.63) is 34.9 Å². The number of nitrogens with one attached hydrogen (secondary N) is 1. The number of fused-ring (bicyclic) bond motifs is 2. The number of carbonyl (C=O) groups excluding carboxylic acids is 2. The van der Waals surface area contributed by atoms with E-state index in [2.05, 4.69) is 59.9 Å². The predicted octanol–water partition coefficient (Wildman–Crippen LogP) is 2.44. The molecule has 2 amide bonds. The van der Waals surface area contributed by atoms with E-state index < -0.39 is 0 Å². The van der Waals surface area contributed by atoms with Crippen LogP contribution in [0.5, 0.6) is 0 Å². The fourth-order valence-corrected chi connectivity index (χ4v) is 5.42. The maximum Gasteiger partial charge on any atom is 0.273 e. The number of hydrogen-bond donors (Lipinski definition) is 1. The molecular formula is C27H44N8O2. The van der Waals surface area contributed by atoms with Crippen molar-refractivity contribution in [1.82, 2.24) is 39.6 Å². The summed E-state index contributed by atoms with van der Waals surface area (Å²) in [6, 6.07) is 4.70. The molecule has 0 fully saturated rings. The number of amides is 2. The van der Waals surface area contributed by atoms with E-state index in [9.17, 15) is 9.59 Å². The summed E-state index contributed by atoms with van der Waals surface area (Å²) < 4.78 is 3.99. The first kappa shape index (κ1) is 27.3. The second kappa shape index (κ2) is 11.3. The van der Waals surface area contributed by atoms with Crippen molar-refractivity contribution in [2.24, 2.45) is 5.92 Å². The summed E-state index contributed by atoms with van der Waals surface area (Å²) in [6.07, 6.45) is 1.86. The Morgan fingerprint density at radius 3 is 2.22 bits per heavy atom. The van der Waals surface area contributed by atoms with Gasteiger partial charge < -0.3 is 10.2 Å². The van der Waals surface area contributed by atoms with Gasteiger partial charge in [0.15, 0.2) is 5.69 Å². The fraction of sp³-hybridized carbons (Fsp3) is 0.704. The van der Waals surface area contributed by atoms with Gasteiger partial charge in [-0.2, -0.15) is 10.2 Å². The molecule has 0 aromatic carbocycles. The third-order valence-corrected chi connectivity index (χ3v) is 7.58. The molecule has 2 aliphatic heterocycles. The van der Waals surface area contributed by atoms with Crippen molar-refractivity contribution in [3.63, 3.8) is 0 Å². The third-order valence-electron chi connectivity index (χ3n) is 7.58. The third kappa shape index (κ3) is 6.41. The summed E-state index contributed by atoms with van der Waals surface area (Å²) in [6.45, 7) is 16.0. The molecule has 0 spiro atoms. The van der Waals surface area contributed by atoms with Gasteiger partial charge in [0.2, 0.25) is 0 Å². The van der Waals surface area contributed by atoms with E-state index in [0.717, 1.165) is 63.5 Å². The lowest BCUT2D eigenvalue weighted by atomic mass is 9.99. The lowest BCUT2D eigenvalue weighted by Crippen LogP contribution is -2.39. The molecule has 0 aliphatic carbocycles. The van der Waals surface area contributed by atoms with Gasteiger partial charge >= 0.3 is 0 Å². The highest BCUT2D eigenvalue weighted by molar-refractivity contribution is 5.92. The van der Waals surface area contributed by atoms with Crippen molar-refractivity contribution in [3.8, 4) is 0 Å². The van der Waals surface area contributed by atoms with Gasteiger partial charge in [0.25, 0.3) is 11.8 Å². The topological polar surface area (TPSA) is 91.5 Å². The average molecular weight is 513 g/mol. The Kier molecular flexibility index (Phi) is 8.38. The molecule has 204 valence electrons. The van der Waals surface area contributed by atoms with Crippen LogP contribution in [-0.2, 0) is 26.2 Å². The van der Waals surface area contributed by atoms with Gasteiger partial charge in [0.1, 0.15) is 5.69 Å². The standard InChI is InChI=1S/C27H44N8O2/c1-18(2)32-9-8-10-34-22(16-32)12-24(29-34)26(36)28-20(5)11-21-14-33(19(3)4)17-23-13-25(27(37)31(6)7)30-35(23)15-21/h12-13,18-21H,8-11,14-17H2,1-7H3,(H,28,36). The molecule has 2 atom stereocenters. The van der Waals surface area contributed by atoms with Gasteiger partial charge in [0.05, 0.1) is 11.4 Å². The number of rotatable bonds is 7. The summed E-state index contributed by atoms with van der Waals surface area (Å²) >= 11 is 0. The first-order chi connectivity index (χ1) is 17.5. The van der Waals surface area contributed by atoms with E-state index >= 15 is 0 Å². The number of aromatic nitrogens is 4. The Balaban J connectivity index is 1.43. The molecule has 0 saturated heterocycles. The molecule has 10 heteroatoms. The molecule has 0 saturated carbocycles. The van der Waals surface area contributed by atoms with Crippen LogP contribution in [0.3, 0.4) is 0 Å². The number of nitrogens with zero attached hydrogens (tertiary/aromatic N) is 7. The molecule has 0 bridgehead atoms. The van der Waals surface area contributed by atoms with Gasteiger partial charge in [-0.05, 0) is 65.5 Å². The van der Waals surface area contributed by atoms with Crippen LogP contribution >= 0.6 is 0 Å². The Bertz CT molecular complexity index is 1100. The van der Waals surface area contributed by atoms with Crippen LogP contribution in [-0.4, -0.2) is 91.4 Å². The highest BCUT2D eigenvalue weighted by Crippen LogP contribution is 2.23. The number of carbonyl (C=O) groups is 2. The Labute approximate surface area is 221 Å². The maximum atomic E-state index is 13.1. The average Bonchev–Trinajstić information content (AvgIpc) is 3.29. The minimum atomic E-state index is -0.114. The van der Waals surface area contributed by atoms with E-state index in [1.165, 1.54) is 0 Å². The van der Waals surface area contributed by atoms with Crippen molar-refractivity contribution in [2.75, 3.05) is 27.2 Å². The zero-order valence-electron chi connectivity index (χ0n) is 23.6. The molecule has 2 aromatic heterocycles. The van der Waals surface area contributed by atoms with E-state index in [1.54, 1.807) is 19.0 Å². The molecule has 0 radical (unpaired) electrons. The Hall–Kier alpha value is -2.72. The molecule has 1 N–H and O–H groups in total. The smallest absolute Gasteiger partial charge is 0.273 e. The van der Waals surface area contributed by atoms with Crippen molar-refractivity contribution >= 4 is 11.8 Å². The lowest BCUT2D eigenvalue weighted by molar-refractivity contribution is 0.0819. The Morgan fingerprint density at radius 2 is 1.54 bits per heavy atom. The van der Waals surface area contributed by atoms with Crippen molar-refractivity contribution in [1.29, 1.82) is 0 Å². The molecular weight excluding hydrogens is 468 g/mol. The molecule has 2 aliphatic rings. The SMILES string of the molecule is CC(CC1CN(C(C)C)Cc2cc(C(=O)N(C)C)nn2C1)NC(=O)c1cc2n(n1)CCCN(C(C)C)C2. The van der Waals surface area contributed by atoms with Gasteiger partial charge in [-0.25, -0.2) is 0 Å². The molecule has 37 heavy (non-hydrogen) atoms. The van der Waals surface area contributed by atoms with Crippen LogP contribution in [0.1, 0.15) is 79.8 Å². The second-order valence-electron chi connectivity index (χ2n) is 11.6. The van der Waals surface area contributed by atoms with Crippen molar-refractivity contribution < 1.29 is 9.59 Å². The number of aryl methyl sites for hydroxylation is 1. The highest BCUT2D eigenvalue weighted by Gasteiger charge is 2.28. The predicted molar refractivity (Wildman–Crippen MR) is 143 cm³/mol. The van der Waals surface area contributed by atoms with Gasteiger partial charge in [-0.3, -0.25) is 28.8 Å². The molecule has 4 rings (SSSR count).